The quantitative estimate of drug-likeness (QED) is 0.660. The monoisotopic (exact) mass is 312 g/mol. The van der Waals surface area contributed by atoms with Gasteiger partial charge in [-0.2, -0.15) is 0 Å². The summed E-state index contributed by atoms with van der Waals surface area (Å²) in [5.41, 5.74) is 1.76. The van der Waals surface area contributed by atoms with E-state index in [4.69, 9.17) is 34.8 Å². The lowest BCUT2D eigenvalue weighted by Gasteiger charge is -2.29. The van der Waals surface area contributed by atoms with E-state index < -0.39 is 0 Å². The van der Waals surface area contributed by atoms with E-state index in [0.717, 1.165) is 22.1 Å². The van der Waals surface area contributed by atoms with Gasteiger partial charge in [0, 0.05) is 16.8 Å². The highest BCUT2D eigenvalue weighted by Gasteiger charge is 2.22. The summed E-state index contributed by atoms with van der Waals surface area (Å²) >= 11 is 18.8. The van der Waals surface area contributed by atoms with Crippen molar-refractivity contribution in [3.8, 4) is 0 Å². The summed E-state index contributed by atoms with van der Waals surface area (Å²) in [5, 5.41) is 3.43. The highest BCUT2D eigenvalue weighted by atomic mass is 35.5. The molecular formula is C14H11Cl3N2. The van der Waals surface area contributed by atoms with Gasteiger partial charge in [-0.3, -0.25) is 0 Å². The Labute approximate surface area is 126 Å². The molecule has 19 heavy (non-hydrogen) atoms. The summed E-state index contributed by atoms with van der Waals surface area (Å²) in [6.45, 7) is 4.20. The molecule has 0 N–H and O–H groups in total. The number of nitrogens with zero attached hydrogens (tertiary/aromatic N) is 2. The van der Waals surface area contributed by atoms with Crippen molar-refractivity contribution < 1.29 is 0 Å². The molecule has 0 radical (unpaired) electrons. The number of halogens is 3. The zero-order chi connectivity index (χ0) is 13.7. The van der Waals surface area contributed by atoms with E-state index in [1.165, 1.54) is 0 Å². The molecule has 0 fully saturated rings. The van der Waals surface area contributed by atoms with Crippen LogP contribution in [-0.2, 0) is 0 Å². The van der Waals surface area contributed by atoms with E-state index in [9.17, 15) is 0 Å². The maximum atomic E-state index is 6.28. The zero-order valence-electron chi connectivity index (χ0n) is 10.4. The van der Waals surface area contributed by atoms with E-state index >= 15 is 0 Å². The predicted octanol–water partition coefficient (Wildman–Crippen LogP) is 5.69. The molecule has 0 saturated carbocycles. The van der Waals surface area contributed by atoms with Crippen LogP contribution >= 0.6 is 34.8 Å². The fourth-order valence-corrected chi connectivity index (χ4v) is 3.27. The highest BCUT2D eigenvalue weighted by Crippen LogP contribution is 2.47. The number of anilines is 1. The maximum Gasteiger partial charge on any atom is 0.0960 e. The number of benzene rings is 2. The van der Waals surface area contributed by atoms with Crippen molar-refractivity contribution in [2.45, 2.75) is 19.9 Å². The summed E-state index contributed by atoms with van der Waals surface area (Å²) in [5.74, 6) is 0. The van der Waals surface area contributed by atoms with Crippen LogP contribution < -0.4 is 4.90 Å². The van der Waals surface area contributed by atoms with Crippen molar-refractivity contribution in [3.05, 3.63) is 33.3 Å². The molecule has 5 heteroatoms. The lowest BCUT2D eigenvalue weighted by Crippen LogP contribution is -2.30. The molecule has 98 valence electrons. The number of hydrogen-bond donors (Lipinski definition) is 0. The van der Waals surface area contributed by atoms with Crippen LogP contribution in [0.4, 0.5) is 11.4 Å². The second kappa shape index (κ2) is 4.55. The third kappa shape index (κ3) is 1.90. The van der Waals surface area contributed by atoms with Crippen molar-refractivity contribution in [1.29, 1.82) is 0 Å². The SMILES string of the molecule is CC(C)N1C=Nc2c(Cl)cc(Cl)c3c(Cl)ccc1c23. The molecule has 0 atom stereocenters. The van der Waals surface area contributed by atoms with Gasteiger partial charge >= 0.3 is 0 Å². The van der Waals surface area contributed by atoms with Crippen molar-refractivity contribution in [2.24, 2.45) is 4.99 Å². The van der Waals surface area contributed by atoms with Crippen LogP contribution in [0.1, 0.15) is 13.8 Å². The lowest BCUT2D eigenvalue weighted by atomic mass is 10.0. The Morgan fingerprint density at radius 3 is 2.42 bits per heavy atom. The first kappa shape index (κ1) is 13.0. The van der Waals surface area contributed by atoms with Gasteiger partial charge in [0.2, 0.25) is 0 Å². The first-order valence-electron chi connectivity index (χ1n) is 5.93. The van der Waals surface area contributed by atoms with Crippen LogP contribution in [0.3, 0.4) is 0 Å². The van der Waals surface area contributed by atoms with Gasteiger partial charge in [0.05, 0.1) is 32.8 Å². The Bertz CT molecular complexity index is 708. The smallest absolute Gasteiger partial charge is 0.0960 e. The molecule has 0 unspecified atom stereocenters. The number of hydrogen-bond acceptors (Lipinski definition) is 2. The van der Waals surface area contributed by atoms with Crippen LogP contribution in [0.25, 0.3) is 10.8 Å². The standard InChI is InChI=1S/C14H11Cl3N2/c1-7(2)19-6-18-14-10(17)5-9(16)12-8(15)3-4-11(19)13(12)14/h3-7H,1-2H3. The molecule has 1 heterocycles. The lowest BCUT2D eigenvalue weighted by molar-refractivity contribution is 0.816. The van der Waals surface area contributed by atoms with Crippen LogP contribution in [-0.4, -0.2) is 12.4 Å². The minimum Gasteiger partial charge on any atom is -0.329 e. The van der Waals surface area contributed by atoms with Gasteiger partial charge in [-0.15, -0.1) is 0 Å². The molecule has 0 saturated heterocycles. The van der Waals surface area contributed by atoms with Crippen LogP contribution in [0.2, 0.25) is 15.1 Å². The summed E-state index contributed by atoms with van der Waals surface area (Å²) in [4.78, 5) is 6.53. The van der Waals surface area contributed by atoms with Gasteiger partial charge in [-0.05, 0) is 32.0 Å². The third-order valence-electron chi connectivity index (χ3n) is 3.23. The fraction of sp³-hybridized carbons (Fsp3) is 0.214. The van der Waals surface area contributed by atoms with Gasteiger partial charge in [0.1, 0.15) is 0 Å². The van der Waals surface area contributed by atoms with Crippen molar-refractivity contribution in [1.82, 2.24) is 0 Å². The first-order valence-corrected chi connectivity index (χ1v) is 7.07. The Morgan fingerprint density at radius 2 is 1.74 bits per heavy atom. The van der Waals surface area contributed by atoms with E-state index in [2.05, 4.69) is 23.7 Å². The molecule has 0 amide bonds. The minimum absolute atomic E-state index is 0.291. The normalized spacial score (nSPS) is 13.7. The second-order valence-electron chi connectivity index (χ2n) is 4.75. The topological polar surface area (TPSA) is 15.6 Å². The van der Waals surface area contributed by atoms with E-state index in [1.54, 1.807) is 12.4 Å². The molecular weight excluding hydrogens is 303 g/mol. The van der Waals surface area contributed by atoms with Crippen molar-refractivity contribution in [2.75, 3.05) is 4.90 Å². The van der Waals surface area contributed by atoms with E-state index in [-0.39, 0.29) is 0 Å². The molecule has 0 aliphatic carbocycles. The predicted molar refractivity (Wildman–Crippen MR) is 84.7 cm³/mol. The number of aliphatic imine (C=N–C) groups is 1. The average molecular weight is 314 g/mol. The Balaban J connectivity index is 2.48. The summed E-state index contributed by atoms with van der Waals surface area (Å²) < 4.78 is 0. The minimum atomic E-state index is 0.291. The number of rotatable bonds is 1. The summed E-state index contributed by atoms with van der Waals surface area (Å²) in [6, 6.07) is 5.82. The molecule has 0 spiro atoms. The molecule has 1 aliphatic rings. The highest BCUT2D eigenvalue weighted by molar-refractivity contribution is 6.46. The third-order valence-corrected chi connectivity index (χ3v) is 4.13. The largest absolute Gasteiger partial charge is 0.329 e. The molecule has 1 aliphatic heterocycles. The van der Waals surface area contributed by atoms with Gasteiger partial charge in [-0.1, -0.05) is 34.8 Å². The van der Waals surface area contributed by atoms with Crippen LogP contribution in [0.5, 0.6) is 0 Å². The van der Waals surface area contributed by atoms with Crippen molar-refractivity contribution >= 4 is 63.3 Å². The van der Waals surface area contributed by atoms with Gasteiger partial charge in [-0.25, -0.2) is 4.99 Å². The fourth-order valence-electron chi connectivity index (χ4n) is 2.35. The molecule has 3 rings (SSSR count). The summed E-state index contributed by atoms with van der Waals surface area (Å²) in [7, 11) is 0. The van der Waals surface area contributed by atoms with Gasteiger partial charge in [0.25, 0.3) is 0 Å². The summed E-state index contributed by atoms with van der Waals surface area (Å²) in [6.07, 6.45) is 1.80. The Kier molecular flexibility index (Phi) is 3.12. The Morgan fingerprint density at radius 1 is 1.00 bits per heavy atom. The molecule has 0 bridgehead atoms. The zero-order valence-corrected chi connectivity index (χ0v) is 12.7. The van der Waals surface area contributed by atoms with Crippen molar-refractivity contribution in [3.63, 3.8) is 0 Å². The Hall–Kier alpha value is -0.960. The maximum absolute atomic E-state index is 6.28. The average Bonchev–Trinajstić information content (AvgIpc) is 2.35. The molecule has 0 aromatic heterocycles. The van der Waals surface area contributed by atoms with Crippen LogP contribution in [0, 0.1) is 0 Å². The molecule has 2 aromatic rings. The van der Waals surface area contributed by atoms with Gasteiger partial charge < -0.3 is 4.90 Å². The molecule has 2 aromatic carbocycles. The molecule has 2 nitrogen and oxygen atoms in total. The van der Waals surface area contributed by atoms with Gasteiger partial charge in [0.15, 0.2) is 0 Å². The second-order valence-corrected chi connectivity index (χ2v) is 5.97. The van der Waals surface area contributed by atoms with E-state index in [1.807, 2.05) is 12.1 Å². The van der Waals surface area contributed by atoms with Crippen LogP contribution in [0.15, 0.2) is 23.2 Å². The first-order chi connectivity index (χ1) is 9.00. The van der Waals surface area contributed by atoms with E-state index in [0.29, 0.717) is 21.1 Å².